The number of halogens is 1. The van der Waals surface area contributed by atoms with Crippen LogP contribution in [0.4, 0.5) is 20.8 Å². The molecule has 3 amide bonds. The highest BCUT2D eigenvalue weighted by Gasteiger charge is 2.51. The lowest BCUT2D eigenvalue weighted by molar-refractivity contribution is -0.141. The van der Waals surface area contributed by atoms with E-state index in [2.05, 4.69) is 55.7 Å². The number of likely N-dealkylation sites (tertiary alicyclic amines) is 1. The number of anilines is 2. The van der Waals surface area contributed by atoms with Crippen LogP contribution in [0.3, 0.4) is 0 Å². The Morgan fingerprint density at radius 2 is 1.71 bits per heavy atom. The van der Waals surface area contributed by atoms with Crippen molar-refractivity contribution in [3.05, 3.63) is 107 Å². The van der Waals surface area contributed by atoms with Crippen molar-refractivity contribution in [3.63, 3.8) is 0 Å². The summed E-state index contributed by atoms with van der Waals surface area (Å²) in [5, 5.41) is 24.6. The fourth-order valence-corrected chi connectivity index (χ4v) is 15.3. The molecule has 21 heteroatoms. The van der Waals surface area contributed by atoms with Crippen molar-refractivity contribution in [2.24, 2.45) is 5.92 Å². The second-order valence-corrected chi connectivity index (χ2v) is 25.5. The van der Waals surface area contributed by atoms with Gasteiger partial charge in [-0.3, -0.25) is 19.5 Å². The number of fused-ring (bicyclic) bond motifs is 5. The molecule has 7 aromatic rings. The number of thiazole rings is 1. The predicted octanol–water partition coefficient (Wildman–Crippen LogP) is 8.82. The molecule has 446 valence electrons. The summed E-state index contributed by atoms with van der Waals surface area (Å²) in [7, 11) is 0. The van der Waals surface area contributed by atoms with Crippen LogP contribution < -0.4 is 25.2 Å². The number of piperazine rings is 2. The molecular formula is C64H75FN12O7S. The van der Waals surface area contributed by atoms with Gasteiger partial charge in [-0.25, -0.2) is 14.2 Å². The quantitative estimate of drug-likeness (QED) is 0.0826. The SMILES string of the molecule is CCc1cccc2cccc(-c3ncc4c(N5CC6CCC(C5)N6)nc(OC[C@@]56CCCN5[C@H](COC(=O)N5CCN(c7cc(C(C(=O)N8C[C@H](O)C[C@H]8C(=O)NC(C)c8ccc(-c9scnc9C)cc8)C(C)C)on7)CC5)CC6)nc4c3F)c12. The number of aromatic nitrogens is 5. The van der Waals surface area contributed by atoms with E-state index in [0.717, 1.165) is 108 Å². The topological polar surface area (TPSA) is 208 Å². The van der Waals surface area contributed by atoms with Gasteiger partial charge in [0.05, 0.1) is 39.2 Å². The van der Waals surface area contributed by atoms with Crippen LogP contribution in [0, 0.1) is 18.7 Å². The Morgan fingerprint density at radius 1 is 0.929 bits per heavy atom. The number of β-amino-alcohol motifs (C(OH)–C–C–N with tert-alkyl or cyclic N) is 1. The molecule has 85 heavy (non-hydrogen) atoms. The molecule has 6 fully saturated rings. The lowest BCUT2D eigenvalue weighted by atomic mass is 9.91. The number of nitrogens with one attached hydrogen (secondary N) is 2. The van der Waals surface area contributed by atoms with Gasteiger partial charge in [0.2, 0.25) is 11.8 Å². The lowest BCUT2D eigenvalue weighted by Gasteiger charge is -2.36. The highest BCUT2D eigenvalue weighted by molar-refractivity contribution is 7.13. The maximum absolute atomic E-state index is 17.3. The zero-order chi connectivity index (χ0) is 58.7. The monoisotopic (exact) mass is 1170 g/mol. The van der Waals surface area contributed by atoms with Gasteiger partial charge in [-0.2, -0.15) is 9.97 Å². The maximum atomic E-state index is 17.3. The van der Waals surface area contributed by atoms with Gasteiger partial charge in [0.15, 0.2) is 17.4 Å². The zero-order valence-electron chi connectivity index (χ0n) is 49.0. The molecule has 0 spiro atoms. The number of carbonyl (C=O) groups is 3. The molecule has 6 aliphatic heterocycles. The van der Waals surface area contributed by atoms with Crippen LogP contribution in [0.2, 0.25) is 0 Å². The molecule has 0 aliphatic carbocycles. The van der Waals surface area contributed by atoms with Gasteiger partial charge < -0.3 is 49.3 Å². The number of aliphatic hydroxyl groups excluding tert-OH is 1. The van der Waals surface area contributed by atoms with E-state index in [1.165, 1.54) is 4.90 Å². The Hall–Kier alpha value is -7.33. The van der Waals surface area contributed by atoms with Gasteiger partial charge >= 0.3 is 12.1 Å². The summed E-state index contributed by atoms with van der Waals surface area (Å²) in [6.07, 6.45) is 7.16. The smallest absolute Gasteiger partial charge is 0.409 e. The Morgan fingerprint density at radius 3 is 2.45 bits per heavy atom. The number of amides is 3. The minimum absolute atomic E-state index is 0.00495. The van der Waals surface area contributed by atoms with Gasteiger partial charge in [-0.1, -0.05) is 86.6 Å². The first-order valence-electron chi connectivity index (χ1n) is 30.4. The van der Waals surface area contributed by atoms with Crippen LogP contribution in [0.25, 0.3) is 43.4 Å². The van der Waals surface area contributed by atoms with E-state index in [-0.39, 0.29) is 78.2 Å². The molecule has 2 bridgehead atoms. The summed E-state index contributed by atoms with van der Waals surface area (Å²) in [5.74, 6) is -0.517. The molecular weight excluding hydrogens is 1100 g/mol. The van der Waals surface area contributed by atoms with Gasteiger partial charge in [0, 0.05) is 88.2 Å². The Labute approximate surface area is 498 Å². The first-order chi connectivity index (χ1) is 41.2. The largest absolute Gasteiger partial charge is 0.461 e. The highest BCUT2D eigenvalue weighted by Crippen LogP contribution is 2.44. The number of rotatable bonds is 16. The minimum Gasteiger partial charge on any atom is -0.461 e. The molecule has 3 aromatic carbocycles. The van der Waals surface area contributed by atoms with E-state index in [9.17, 15) is 19.5 Å². The third-order valence-electron chi connectivity index (χ3n) is 18.9. The number of pyridine rings is 1. The fraction of sp³-hybridized carbons (Fsp3) is 0.500. The fourth-order valence-electron chi connectivity index (χ4n) is 14.5. The molecule has 6 saturated heterocycles. The molecule has 0 saturated carbocycles. The summed E-state index contributed by atoms with van der Waals surface area (Å²) >= 11 is 1.58. The van der Waals surface area contributed by atoms with Crippen molar-refractivity contribution in [1.82, 2.24) is 50.4 Å². The van der Waals surface area contributed by atoms with E-state index in [4.69, 9.17) is 28.9 Å². The first-order valence-corrected chi connectivity index (χ1v) is 31.3. The molecule has 0 radical (unpaired) electrons. The molecule has 8 atom stereocenters. The van der Waals surface area contributed by atoms with Crippen molar-refractivity contribution in [2.45, 2.75) is 134 Å². The number of carbonyl (C=O) groups excluding carboxylic acids is 3. The van der Waals surface area contributed by atoms with Crippen LogP contribution in [-0.2, 0) is 20.7 Å². The number of benzene rings is 3. The summed E-state index contributed by atoms with van der Waals surface area (Å²) in [4.78, 5) is 72.2. The summed E-state index contributed by atoms with van der Waals surface area (Å²) in [6.45, 7) is 14.5. The van der Waals surface area contributed by atoms with Gasteiger partial charge in [0.25, 0.3) is 0 Å². The number of hydrogen-bond acceptors (Lipinski definition) is 17. The van der Waals surface area contributed by atoms with E-state index in [1.54, 1.807) is 28.5 Å². The van der Waals surface area contributed by atoms with Crippen LogP contribution in [0.1, 0.15) is 107 Å². The highest BCUT2D eigenvalue weighted by atomic mass is 32.1. The molecule has 4 unspecified atom stereocenters. The average molecular weight is 1180 g/mol. The molecule has 13 rings (SSSR count). The van der Waals surface area contributed by atoms with Gasteiger partial charge in [-0.15, -0.1) is 11.3 Å². The standard InChI is InChI=1S/C64H75FN12O7S/c1-6-40-10-7-11-42-12-8-13-48(54(40)42)56-55(65)57-49(30-66-56)59(75-31-44-18-19-45(32-75)69-44)71-62(70-57)83-35-64-21-9-23-77(64)46(20-22-64)34-82-63(81)74-26-24-73(25-27-74)52-29-51(84-72-52)53(37(2)3)61(80)76-33-47(78)28-50(76)60(79)68-38(4)41-14-16-43(17-15-41)58-39(5)67-36-85-58/h7-8,10-17,29-30,36-38,44-47,50,53,69,78H,6,9,18-28,31-35H2,1-5H3,(H,68,79)/t38?,44?,45?,46-,47+,50-,53?,64-/m0/s1. The summed E-state index contributed by atoms with van der Waals surface area (Å²) < 4.78 is 36.0. The summed E-state index contributed by atoms with van der Waals surface area (Å²) in [5.41, 5.74) is 6.77. The second kappa shape index (κ2) is 23.5. The predicted molar refractivity (Wildman–Crippen MR) is 323 cm³/mol. The van der Waals surface area contributed by atoms with Crippen molar-refractivity contribution in [2.75, 3.05) is 75.4 Å². The number of aliphatic hydroxyl groups is 1. The normalized spacial score (nSPS) is 24.0. The van der Waals surface area contributed by atoms with E-state index in [0.29, 0.717) is 67.7 Å². The van der Waals surface area contributed by atoms with Crippen molar-refractivity contribution in [1.29, 1.82) is 0 Å². The maximum Gasteiger partial charge on any atom is 0.409 e. The van der Waals surface area contributed by atoms with Gasteiger partial charge in [0.1, 0.15) is 42.2 Å². The third kappa shape index (κ3) is 10.9. The molecule has 6 aliphatic rings. The van der Waals surface area contributed by atoms with Crippen LogP contribution in [0.5, 0.6) is 6.01 Å². The number of ether oxygens (including phenoxy) is 2. The van der Waals surface area contributed by atoms with Crippen LogP contribution in [-0.4, -0.2) is 164 Å². The minimum atomic E-state index is -0.859. The van der Waals surface area contributed by atoms with Crippen LogP contribution >= 0.6 is 11.3 Å². The number of aryl methyl sites for hydroxylation is 2. The van der Waals surface area contributed by atoms with E-state index < -0.39 is 23.9 Å². The average Bonchev–Trinajstić information content (AvgIpc) is 3.30. The lowest BCUT2D eigenvalue weighted by Crippen LogP contribution is -2.51. The first kappa shape index (κ1) is 56.8. The Bertz CT molecular complexity index is 3610. The molecule has 10 heterocycles. The number of hydrogen-bond donors (Lipinski definition) is 3. The van der Waals surface area contributed by atoms with Crippen molar-refractivity contribution in [3.8, 4) is 27.7 Å². The van der Waals surface area contributed by atoms with Gasteiger partial charge in [-0.05, 0) is 98.7 Å². The summed E-state index contributed by atoms with van der Waals surface area (Å²) in [6, 6.07) is 21.5. The van der Waals surface area contributed by atoms with Crippen molar-refractivity contribution >= 4 is 62.6 Å². The second-order valence-electron chi connectivity index (χ2n) is 24.6. The van der Waals surface area contributed by atoms with Crippen molar-refractivity contribution < 1.29 is 37.9 Å². The van der Waals surface area contributed by atoms with E-state index >= 15 is 4.39 Å². The molecule has 4 aromatic heterocycles. The Kier molecular flexibility index (Phi) is 15.7. The van der Waals surface area contributed by atoms with Crippen LogP contribution in [0.15, 0.2) is 83.0 Å². The third-order valence-corrected chi connectivity index (χ3v) is 19.9. The number of nitrogens with zero attached hydrogens (tertiary/aromatic N) is 10. The Balaban J connectivity index is 0.630. The molecule has 3 N–H and O–H groups in total. The zero-order valence-corrected chi connectivity index (χ0v) is 49.8. The molecule has 19 nitrogen and oxygen atoms in total. The van der Waals surface area contributed by atoms with E-state index in [1.807, 2.05) is 80.6 Å².